The molecule has 1 aliphatic rings. The molecule has 0 spiro atoms. The monoisotopic (exact) mass is 225 g/mol. The summed E-state index contributed by atoms with van der Waals surface area (Å²) >= 11 is 0. The molecule has 1 fully saturated rings. The van der Waals surface area contributed by atoms with E-state index in [2.05, 4.69) is 11.0 Å². The second-order valence-electron chi connectivity index (χ2n) is 4.93. The summed E-state index contributed by atoms with van der Waals surface area (Å²) in [6.45, 7) is 4.98. The highest BCUT2D eigenvalue weighted by molar-refractivity contribution is 5.00. The lowest BCUT2D eigenvalue weighted by molar-refractivity contribution is 0.0306. The maximum atomic E-state index is 8.80. The SMILES string of the molecule is COC1CCCN(CCCC(C)(N)C#N)C1. The number of rotatable bonds is 5. The van der Waals surface area contributed by atoms with Gasteiger partial charge in [0.2, 0.25) is 0 Å². The highest BCUT2D eigenvalue weighted by Gasteiger charge is 2.21. The van der Waals surface area contributed by atoms with Crippen LogP contribution in [0.5, 0.6) is 0 Å². The number of hydrogen-bond acceptors (Lipinski definition) is 4. The molecule has 0 bridgehead atoms. The molecule has 1 aliphatic heterocycles. The Bertz CT molecular complexity index is 247. The quantitative estimate of drug-likeness (QED) is 0.761. The van der Waals surface area contributed by atoms with Crippen LogP contribution in [0.2, 0.25) is 0 Å². The molecule has 0 amide bonds. The van der Waals surface area contributed by atoms with Crippen LogP contribution in [-0.4, -0.2) is 43.3 Å². The maximum Gasteiger partial charge on any atom is 0.101 e. The van der Waals surface area contributed by atoms with E-state index in [1.807, 2.05) is 0 Å². The minimum absolute atomic E-state index is 0.383. The lowest BCUT2D eigenvalue weighted by Crippen LogP contribution is -2.41. The summed E-state index contributed by atoms with van der Waals surface area (Å²) < 4.78 is 5.37. The Labute approximate surface area is 98.4 Å². The Morgan fingerprint density at radius 3 is 3.00 bits per heavy atom. The van der Waals surface area contributed by atoms with Gasteiger partial charge in [0.15, 0.2) is 0 Å². The summed E-state index contributed by atoms with van der Waals surface area (Å²) in [6.07, 6.45) is 4.50. The van der Waals surface area contributed by atoms with Gasteiger partial charge in [-0.2, -0.15) is 5.26 Å². The molecule has 2 atom stereocenters. The third-order valence-corrected chi connectivity index (χ3v) is 3.22. The molecular weight excluding hydrogens is 202 g/mol. The lowest BCUT2D eigenvalue weighted by Gasteiger charge is -2.32. The molecule has 0 radical (unpaired) electrons. The van der Waals surface area contributed by atoms with Crippen LogP contribution in [0, 0.1) is 11.3 Å². The van der Waals surface area contributed by atoms with Crippen LogP contribution in [0.25, 0.3) is 0 Å². The van der Waals surface area contributed by atoms with Crippen molar-refractivity contribution in [3.8, 4) is 6.07 Å². The first-order valence-electron chi connectivity index (χ1n) is 6.02. The average Bonchev–Trinajstić information content (AvgIpc) is 2.29. The van der Waals surface area contributed by atoms with Crippen molar-refractivity contribution in [1.82, 2.24) is 4.90 Å². The van der Waals surface area contributed by atoms with Crippen LogP contribution in [-0.2, 0) is 4.74 Å². The van der Waals surface area contributed by atoms with E-state index in [1.54, 1.807) is 14.0 Å². The Balaban J connectivity index is 2.20. The lowest BCUT2D eigenvalue weighted by atomic mass is 9.98. The molecule has 0 saturated carbocycles. The van der Waals surface area contributed by atoms with Gasteiger partial charge >= 0.3 is 0 Å². The van der Waals surface area contributed by atoms with Gasteiger partial charge in [0, 0.05) is 13.7 Å². The summed E-state index contributed by atoms with van der Waals surface area (Å²) in [7, 11) is 1.78. The Hall–Kier alpha value is -0.630. The zero-order valence-corrected chi connectivity index (χ0v) is 10.4. The van der Waals surface area contributed by atoms with E-state index in [4.69, 9.17) is 15.7 Å². The number of piperidine rings is 1. The molecule has 1 saturated heterocycles. The minimum atomic E-state index is -0.670. The van der Waals surface area contributed by atoms with E-state index in [-0.39, 0.29) is 0 Å². The third-order valence-electron chi connectivity index (χ3n) is 3.22. The van der Waals surface area contributed by atoms with E-state index in [9.17, 15) is 0 Å². The Morgan fingerprint density at radius 2 is 2.38 bits per heavy atom. The predicted octanol–water partition coefficient (Wildman–Crippen LogP) is 1.12. The standard InChI is InChI=1S/C12H23N3O/c1-12(14,10-13)6-4-8-15-7-3-5-11(9-15)16-2/h11H,3-9,14H2,1-2H3. The van der Waals surface area contributed by atoms with Crippen molar-refractivity contribution >= 4 is 0 Å². The number of ether oxygens (including phenoxy) is 1. The van der Waals surface area contributed by atoms with E-state index in [0.29, 0.717) is 6.10 Å². The van der Waals surface area contributed by atoms with Gasteiger partial charge in [-0.25, -0.2) is 0 Å². The van der Waals surface area contributed by atoms with Crippen molar-refractivity contribution < 1.29 is 4.74 Å². The molecule has 0 aromatic heterocycles. The number of likely N-dealkylation sites (tertiary alicyclic amines) is 1. The van der Waals surface area contributed by atoms with Crippen molar-refractivity contribution in [1.29, 1.82) is 5.26 Å². The summed E-state index contributed by atoms with van der Waals surface area (Å²) in [5.74, 6) is 0. The second-order valence-corrected chi connectivity index (χ2v) is 4.93. The third kappa shape index (κ3) is 4.48. The largest absolute Gasteiger partial charge is 0.380 e. The molecule has 1 heterocycles. The predicted molar refractivity (Wildman–Crippen MR) is 63.9 cm³/mol. The molecule has 16 heavy (non-hydrogen) atoms. The van der Waals surface area contributed by atoms with E-state index < -0.39 is 5.54 Å². The molecule has 4 heteroatoms. The number of nitrogens with zero attached hydrogens (tertiary/aromatic N) is 2. The van der Waals surface area contributed by atoms with Crippen molar-refractivity contribution in [2.24, 2.45) is 5.73 Å². The van der Waals surface area contributed by atoms with E-state index in [0.717, 1.165) is 32.5 Å². The van der Waals surface area contributed by atoms with Crippen molar-refractivity contribution in [2.75, 3.05) is 26.7 Å². The Morgan fingerprint density at radius 1 is 1.62 bits per heavy atom. The first-order chi connectivity index (χ1) is 7.57. The van der Waals surface area contributed by atoms with Gasteiger partial charge in [-0.05, 0) is 45.7 Å². The smallest absolute Gasteiger partial charge is 0.101 e. The van der Waals surface area contributed by atoms with Crippen LogP contribution in [0.3, 0.4) is 0 Å². The summed E-state index contributed by atoms with van der Waals surface area (Å²) in [6, 6.07) is 2.13. The summed E-state index contributed by atoms with van der Waals surface area (Å²) in [5, 5.41) is 8.80. The van der Waals surface area contributed by atoms with Gasteiger partial charge in [0.1, 0.15) is 5.54 Å². The van der Waals surface area contributed by atoms with Gasteiger partial charge in [-0.15, -0.1) is 0 Å². The number of nitriles is 1. The zero-order valence-electron chi connectivity index (χ0n) is 10.4. The maximum absolute atomic E-state index is 8.80. The molecule has 2 N–H and O–H groups in total. The van der Waals surface area contributed by atoms with Gasteiger partial charge in [-0.1, -0.05) is 0 Å². The first-order valence-corrected chi connectivity index (χ1v) is 6.02. The molecule has 4 nitrogen and oxygen atoms in total. The fraction of sp³-hybridized carbons (Fsp3) is 0.917. The fourth-order valence-electron chi connectivity index (χ4n) is 2.13. The molecule has 2 unspecified atom stereocenters. The molecule has 0 aromatic carbocycles. The number of nitrogens with two attached hydrogens (primary N) is 1. The second kappa shape index (κ2) is 6.19. The van der Waals surface area contributed by atoms with E-state index in [1.165, 1.54) is 12.8 Å². The number of methoxy groups -OCH3 is 1. The van der Waals surface area contributed by atoms with Crippen molar-refractivity contribution in [3.05, 3.63) is 0 Å². The van der Waals surface area contributed by atoms with Gasteiger partial charge in [0.05, 0.1) is 12.2 Å². The van der Waals surface area contributed by atoms with Crippen molar-refractivity contribution in [2.45, 2.75) is 44.2 Å². The minimum Gasteiger partial charge on any atom is -0.380 e. The topological polar surface area (TPSA) is 62.3 Å². The van der Waals surface area contributed by atoms with Crippen LogP contribution in [0.1, 0.15) is 32.6 Å². The van der Waals surface area contributed by atoms with Gasteiger partial charge in [-0.3, -0.25) is 0 Å². The van der Waals surface area contributed by atoms with E-state index >= 15 is 0 Å². The first kappa shape index (κ1) is 13.4. The van der Waals surface area contributed by atoms with Gasteiger partial charge in [0.25, 0.3) is 0 Å². The van der Waals surface area contributed by atoms with Crippen LogP contribution in [0.15, 0.2) is 0 Å². The molecule has 0 aliphatic carbocycles. The average molecular weight is 225 g/mol. The Kier molecular flexibility index (Phi) is 5.20. The molecule has 1 rings (SSSR count). The van der Waals surface area contributed by atoms with Crippen molar-refractivity contribution in [3.63, 3.8) is 0 Å². The highest BCUT2D eigenvalue weighted by atomic mass is 16.5. The molecular formula is C12H23N3O. The van der Waals surface area contributed by atoms with Crippen LogP contribution < -0.4 is 5.73 Å². The van der Waals surface area contributed by atoms with Gasteiger partial charge < -0.3 is 15.4 Å². The number of hydrogen-bond donors (Lipinski definition) is 1. The normalized spacial score (nSPS) is 26.0. The highest BCUT2D eigenvalue weighted by Crippen LogP contribution is 2.14. The summed E-state index contributed by atoms with van der Waals surface area (Å²) in [4.78, 5) is 2.41. The van der Waals surface area contributed by atoms with Crippen LogP contribution in [0.4, 0.5) is 0 Å². The fourth-order valence-corrected chi connectivity index (χ4v) is 2.13. The zero-order chi connectivity index (χ0) is 12.0. The summed E-state index contributed by atoms with van der Waals surface area (Å²) in [5.41, 5.74) is 5.11. The molecule has 0 aromatic rings. The molecule has 92 valence electrons. The van der Waals surface area contributed by atoms with Crippen LogP contribution >= 0.6 is 0 Å².